The number of aliphatic imine (C=N–C) groups is 1. The Kier molecular flexibility index (Phi) is 8.04. The zero-order chi connectivity index (χ0) is 36.6. The average molecular weight is 706 g/mol. The minimum Gasteiger partial charge on any atom is -0.301 e. The van der Waals surface area contributed by atoms with Gasteiger partial charge >= 0.3 is 0 Å². The molecule has 0 aliphatic carbocycles. The van der Waals surface area contributed by atoms with Crippen molar-refractivity contribution in [3.05, 3.63) is 215 Å². The molecule has 7 aromatic rings. The number of rotatable bonds is 8. The number of aromatic nitrogens is 4. The second-order valence-electron chi connectivity index (χ2n) is 13.0. The molecule has 0 bridgehead atoms. The van der Waals surface area contributed by atoms with Crippen molar-refractivity contribution in [3.8, 4) is 0 Å². The van der Waals surface area contributed by atoms with E-state index in [2.05, 4.69) is 15.5 Å². The summed E-state index contributed by atoms with van der Waals surface area (Å²) in [6, 6.07) is 53.4. The highest BCUT2D eigenvalue weighted by Crippen LogP contribution is 2.41. The number of anilines is 1. The van der Waals surface area contributed by atoms with Gasteiger partial charge in [0.1, 0.15) is 5.54 Å². The third-order valence-corrected chi connectivity index (χ3v) is 10.0. The Morgan fingerprint density at radius 1 is 0.537 bits per heavy atom. The van der Waals surface area contributed by atoms with E-state index >= 15 is 4.79 Å². The highest BCUT2D eigenvalue weighted by Gasteiger charge is 2.47. The molecule has 2 aliphatic heterocycles. The number of hydrogen-bond acceptors (Lipinski definition) is 7. The van der Waals surface area contributed by atoms with Crippen LogP contribution in [0.2, 0.25) is 0 Å². The van der Waals surface area contributed by atoms with E-state index < -0.39 is 29.4 Å². The maximum absolute atomic E-state index is 15.2. The summed E-state index contributed by atoms with van der Waals surface area (Å²) in [5.41, 5.74) is 4.46. The fourth-order valence-corrected chi connectivity index (χ4v) is 7.61. The fourth-order valence-electron chi connectivity index (χ4n) is 7.61. The monoisotopic (exact) mass is 705 g/mol. The first-order chi connectivity index (χ1) is 26.6. The van der Waals surface area contributed by atoms with Crippen LogP contribution in [0.25, 0.3) is 0 Å². The zero-order valence-electron chi connectivity index (χ0n) is 28.8. The number of benzodiazepines with no additional fused rings is 1. The van der Waals surface area contributed by atoms with Gasteiger partial charge in [-0.3, -0.25) is 14.4 Å². The van der Waals surface area contributed by atoms with Crippen LogP contribution in [-0.4, -0.2) is 54.7 Å². The molecule has 3 amide bonds. The highest BCUT2D eigenvalue weighted by atomic mass is 16.2. The lowest BCUT2D eigenvalue weighted by molar-refractivity contribution is -0.122. The van der Waals surface area contributed by atoms with Crippen LogP contribution in [0.3, 0.4) is 0 Å². The molecule has 0 N–H and O–H groups in total. The summed E-state index contributed by atoms with van der Waals surface area (Å²) >= 11 is 0. The lowest BCUT2D eigenvalue weighted by Gasteiger charge is -2.37. The van der Waals surface area contributed by atoms with Crippen LogP contribution >= 0.6 is 0 Å². The van der Waals surface area contributed by atoms with Crippen molar-refractivity contribution in [2.24, 2.45) is 4.99 Å². The van der Waals surface area contributed by atoms with Crippen LogP contribution in [0.5, 0.6) is 0 Å². The van der Waals surface area contributed by atoms with E-state index in [9.17, 15) is 9.59 Å². The molecule has 2 aliphatic rings. The quantitative estimate of drug-likeness (QED) is 0.132. The summed E-state index contributed by atoms with van der Waals surface area (Å²) in [6.07, 6.45) is -1.52. The van der Waals surface area contributed by atoms with Gasteiger partial charge in [0, 0.05) is 11.1 Å². The summed E-state index contributed by atoms with van der Waals surface area (Å²) in [5.74, 6) is -1.39. The van der Waals surface area contributed by atoms with Crippen molar-refractivity contribution in [2.75, 3.05) is 4.90 Å². The Morgan fingerprint density at radius 3 is 1.54 bits per heavy atom. The molecular formula is C44H31N7O3. The van der Waals surface area contributed by atoms with E-state index in [0.29, 0.717) is 22.8 Å². The van der Waals surface area contributed by atoms with Gasteiger partial charge in [-0.15, -0.1) is 5.10 Å². The van der Waals surface area contributed by atoms with Gasteiger partial charge in [-0.25, -0.2) is 14.6 Å². The second kappa shape index (κ2) is 13.3. The maximum Gasteiger partial charge on any atom is 0.273 e. The van der Waals surface area contributed by atoms with Gasteiger partial charge in [-0.05, 0) is 45.3 Å². The molecule has 0 unspecified atom stereocenters. The Bertz CT molecular complexity index is 2420. The number of carbonyl (C=O) groups is 3. The Labute approximate surface area is 310 Å². The van der Waals surface area contributed by atoms with E-state index in [4.69, 9.17) is 4.99 Å². The molecule has 0 saturated carbocycles. The number of nitrogens with zero attached hydrogens (tertiary/aromatic N) is 7. The normalized spacial score (nSPS) is 15.4. The first-order valence-corrected chi connectivity index (χ1v) is 17.5. The van der Waals surface area contributed by atoms with Crippen LogP contribution < -0.4 is 4.90 Å². The highest BCUT2D eigenvalue weighted by molar-refractivity contribution is 6.25. The summed E-state index contributed by atoms with van der Waals surface area (Å²) in [5, 5.41) is 13.5. The van der Waals surface area contributed by atoms with Crippen LogP contribution in [0.15, 0.2) is 175 Å². The van der Waals surface area contributed by atoms with Gasteiger partial charge in [0.05, 0.1) is 29.1 Å². The van der Waals surface area contributed by atoms with E-state index in [1.54, 1.807) is 28.9 Å². The number of para-hydroxylation sites is 1. The molecule has 260 valence electrons. The van der Waals surface area contributed by atoms with Crippen molar-refractivity contribution in [2.45, 2.75) is 18.2 Å². The lowest BCUT2D eigenvalue weighted by Crippen LogP contribution is -2.50. The van der Waals surface area contributed by atoms with Gasteiger partial charge in [-0.1, -0.05) is 152 Å². The third kappa shape index (κ3) is 5.15. The molecule has 3 heterocycles. The van der Waals surface area contributed by atoms with E-state index in [-0.39, 0.29) is 17.7 Å². The van der Waals surface area contributed by atoms with Gasteiger partial charge in [-0.2, -0.15) is 0 Å². The largest absolute Gasteiger partial charge is 0.301 e. The Balaban J connectivity index is 1.25. The molecule has 0 radical (unpaired) electrons. The number of carbonyl (C=O) groups excluding carboxylic acids is 3. The van der Waals surface area contributed by atoms with E-state index in [1.165, 1.54) is 4.90 Å². The smallest absolute Gasteiger partial charge is 0.273 e. The summed E-state index contributed by atoms with van der Waals surface area (Å²) in [6.45, 7) is -0.117. The fraction of sp³-hybridized carbons (Fsp3) is 0.0682. The van der Waals surface area contributed by atoms with Gasteiger partial charge in [0.15, 0.2) is 5.82 Å². The Hall–Kier alpha value is -7.33. The molecule has 0 spiro atoms. The summed E-state index contributed by atoms with van der Waals surface area (Å²) in [4.78, 5) is 50.7. The first-order valence-electron chi connectivity index (χ1n) is 17.5. The maximum atomic E-state index is 15.2. The van der Waals surface area contributed by atoms with Crippen molar-refractivity contribution in [3.63, 3.8) is 0 Å². The molecule has 6 aromatic carbocycles. The summed E-state index contributed by atoms with van der Waals surface area (Å²) < 4.78 is 1.77. The average Bonchev–Trinajstić information content (AvgIpc) is 3.77. The number of hydrogen-bond donors (Lipinski definition) is 0. The second-order valence-corrected chi connectivity index (χ2v) is 13.0. The van der Waals surface area contributed by atoms with Crippen LogP contribution in [0.4, 0.5) is 5.69 Å². The first kappa shape index (κ1) is 32.6. The van der Waals surface area contributed by atoms with Crippen LogP contribution in [-0.2, 0) is 16.9 Å². The predicted octanol–water partition coefficient (Wildman–Crippen LogP) is 6.52. The number of tetrazole rings is 1. The molecule has 54 heavy (non-hydrogen) atoms. The lowest BCUT2D eigenvalue weighted by atomic mass is 9.77. The van der Waals surface area contributed by atoms with Crippen LogP contribution in [0.1, 0.15) is 54.4 Å². The molecule has 0 saturated heterocycles. The van der Waals surface area contributed by atoms with Crippen molar-refractivity contribution < 1.29 is 14.4 Å². The minimum atomic E-state index is -1.52. The van der Waals surface area contributed by atoms with E-state index in [0.717, 1.165) is 27.2 Å². The number of fused-ring (bicyclic) bond motifs is 2. The third-order valence-electron chi connectivity index (χ3n) is 10.0. The van der Waals surface area contributed by atoms with E-state index in [1.807, 2.05) is 146 Å². The predicted molar refractivity (Wildman–Crippen MR) is 203 cm³/mol. The van der Waals surface area contributed by atoms with Crippen molar-refractivity contribution in [1.29, 1.82) is 0 Å². The zero-order valence-corrected chi connectivity index (χ0v) is 28.8. The summed E-state index contributed by atoms with van der Waals surface area (Å²) in [7, 11) is 0. The SMILES string of the molecule is O=C1[C@H](N2C(=O)c3ccccc3C2=O)N=C(c2ccccc2)c2ccccc2N1Cc1nnnn1C(c1ccccc1)(c1ccccc1)c1ccccc1. The molecular weight excluding hydrogens is 675 g/mol. The van der Waals surface area contributed by atoms with Gasteiger partial charge in [0.25, 0.3) is 17.7 Å². The molecule has 1 atom stereocenters. The van der Waals surface area contributed by atoms with Gasteiger partial charge < -0.3 is 4.90 Å². The Morgan fingerprint density at radius 2 is 1.00 bits per heavy atom. The van der Waals surface area contributed by atoms with Crippen molar-refractivity contribution in [1.82, 2.24) is 25.1 Å². The number of benzene rings is 6. The van der Waals surface area contributed by atoms with Crippen molar-refractivity contribution >= 4 is 29.1 Å². The molecule has 1 aromatic heterocycles. The molecule has 10 heteroatoms. The topological polar surface area (TPSA) is 114 Å². The molecule has 9 rings (SSSR count). The standard InChI is InChI=1S/C44H31N7O3/c52-41-34-25-13-14-26-35(34)42(53)50(41)40-43(54)49(37-28-16-15-27-36(37)39(45-40)30-17-5-1-6-18-30)29-38-46-47-48-51(38)44(31-19-7-2-8-20-31,32-21-9-3-10-22-32)33-23-11-4-12-24-33/h1-28,40H,29H2/t40-/m0/s1. The molecule has 0 fully saturated rings. The van der Waals surface area contributed by atoms with Crippen LogP contribution in [0, 0.1) is 0 Å². The molecule has 10 nitrogen and oxygen atoms in total. The minimum absolute atomic E-state index is 0.117. The number of amides is 3. The van der Waals surface area contributed by atoms with Gasteiger partial charge in [0.2, 0.25) is 6.17 Å². The number of imide groups is 1.